The Morgan fingerprint density at radius 2 is 2.17 bits per heavy atom. The lowest BCUT2D eigenvalue weighted by molar-refractivity contribution is -0.144. The van der Waals surface area contributed by atoms with Gasteiger partial charge in [0, 0.05) is 24.0 Å². The average molecular weight is 329 g/mol. The lowest BCUT2D eigenvalue weighted by Crippen LogP contribution is -2.30. The Hall–Kier alpha value is -2.55. The monoisotopic (exact) mass is 329 g/mol. The second kappa shape index (κ2) is 7.82. The normalized spacial score (nSPS) is 14.2. The van der Waals surface area contributed by atoms with Gasteiger partial charge >= 0.3 is 5.97 Å². The highest BCUT2D eigenvalue weighted by Crippen LogP contribution is 2.19. The molecule has 1 N–H and O–H groups in total. The summed E-state index contributed by atoms with van der Waals surface area (Å²) in [6, 6.07) is 4.01. The van der Waals surface area contributed by atoms with Crippen LogP contribution in [0.2, 0.25) is 0 Å². The molecule has 0 atom stereocenters. The first kappa shape index (κ1) is 17.8. The molecule has 0 aromatic carbocycles. The lowest BCUT2D eigenvalue weighted by Gasteiger charge is -2.07. The van der Waals surface area contributed by atoms with Crippen LogP contribution in [0.3, 0.4) is 0 Å². The van der Waals surface area contributed by atoms with Crippen molar-refractivity contribution in [1.29, 1.82) is 5.26 Å². The molecule has 0 spiro atoms. The van der Waals surface area contributed by atoms with Crippen LogP contribution >= 0.6 is 0 Å². The van der Waals surface area contributed by atoms with Crippen molar-refractivity contribution >= 4 is 18.0 Å². The highest BCUT2D eigenvalue weighted by Gasteiger charge is 2.24. The molecule has 1 amide bonds. The Bertz CT molecular complexity index is 706. The molecule has 6 nitrogen and oxygen atoms in total. The quantitative estimate of drug-likeness (QED) is 0.472. The highest BCUT2D eigenvalue weighted by molar-refractivity contribution is 5.99. The fourth-order valence-corrected chi connectivity index (χ4v) is 2.54. The van der Waals surface area contributed by atoms with Crippen molar-refractivity contribution < 1.29 is 14.3 Å². The maximum absolute atomic E-state index is 12.0. The molecular weight excluding hydrogens is 306 g/mol. The smallest absolute Gasteiger partial charge is 0.349 e. The van der Waals surface area contributed by atoms with Crippen LogP contribution in [0.1, 0.15) is 43.1 Å². The van der Waals surface area contributed by atoms with Crippen molar-refractivity contribution in [3.05, 3.63) is 28.6 Å². The van der Waals surface area contributed by atoms with Crippen LogP contribution in [0.25, 0.3) is 6.08 Å². The van der Waals surface area contributed by atoms with Gasteiger partial charge in [-0.05, 0) is 50.8 Å². The molecule has 1 saturated carbocycles. The van der Waals surface area contributed by atoms with Gasteiger partial charge in [-0.3, -0.25) is 4.79 Å². The Morgan fingerprint density at radius 1 is 1.46 bits per heavy atom. The van der Waals surface area contributed by atoms with E-state index in [2.05, 4.69) is 16.8 Å². The zero-order valence-corrected chi connectivity index (χ0v) is 14.4. The van der Waals surface area contributed by atoms with Crippen molar-refractivity contribution in [1.82, 2.24) is 9.88 Å². The molecular formula is C18H23N3O3. The van der Waals surface area contributed by atoms with Crippen LogP contribution in [0, 0.1) is 25.2 Å². The molecule has 0 radical (unpaired) electrons. The Balaban J connectivity index is 2.05. The standard InChI is InChI=1S/C18H23N3O3/c1-4-7-21-12(2)8-14(13(21)3)9-15(10-19)18(23)24-11-17(22)20-16-5-6-16/h8-9,16H,4-7,11H2,1-3H3,(H,20,22)/b15-9-. The molecule has 24 heavy (non-hydrogen) atoms. The van der Waals surface area contributed by atoms with E-state index in [-0.39, 0.29) is 24.1 Å². The molecule has 128 valence electrons. The van der Waals surface area contributed by atoms with E-state index in [1.807, 2.05) is 26.0 Å². The van der Waals surface area contributed by atoms with E-state index in [1.165, 1.54) is 6.08 Å². The predicted octanol–water partition coefficient (Wildman–Crippen LogP) is 2.24. The van der Waals surface area contributed by atoms with Gasteiger partial charge in [0.1, 0.15) is 11.6 Å². The maximum Gasteiger partial charge on any atom is 0.349 e. The number of rotatable bonds is 7. The second-order valence-electron chi connectivity index (χ2n) is 6.07. The topological polar surface area (TPSA) is 84.1 Å². The summed E-state index contributed by atoms with van der Waals surface area (Å²) in [5.74, 6) is -1.10. The predicted molar refractivity (Wildman–Crippen MR) is 89.9 cm³/mol. The number of ether oxygens (including phenoxy) is 1. The van der Waals surface area contributed by atoms with Crippen LogP contribution in [-0.4, -0.2) is 29.1 Å². The van der Waals surface area contributed by atoms with E-state index in [9.17, 15) is 14.9 Å². The molecule has 1 aromatic rings. The molecule has 1 heterocycles. The molecule has 1 fully saturated rings. The number of aromatic nitrogens is 1. The van der Waals surface area contributed by atoms with Gasteiger partial charge in [0.25, 0.3) is 5.91 Å². The Kier molecular flexibility index (Phi) is 5.80. The minimum atomic E-state index is -0.774. The fraction of sp³-hybridized carbons (Fsp3) is 0.500. The third kappa shape index (κ3) is 4.48. The number of hydrogen-bond donors (Lipinski definition) is 1. The average Bonchev–Trinajstić information content (AvgIpc) is 3.32. The molecule has 0 bridgehead atoms. The molecule has 1 aromatic heterocycles. The molecule has 1 aliphatic carbocycles. The third-order valence-corrected chi connectivity index (χ3v) is 3.98. The van der Waals surface area contributed by atoms with Gasteiger partial charge in [0.15, 0.2) is 6.61 Å². The van der Waals surface area contributed by atoms with Crippen molar-refractivity contribution in [2.45, 2.75) is 52.6 Å². The summed E-state index contributed by atoms with van der Waals surface area (Å²) in [6.07, 6.45) is 4.46. The van der Waals surface area contributed by atoms with Crippen molar-refractivity contribution in [3.63, 3.8) is 0 Å². The molecule has 0 aliphatic heterocycles. The minimum Gasteiger partial charge on any atom is -0.451 e. The summed E-state index contributed by atoms with van der Waals surface area (Å²) in [6.45, 7) is 6.58. The van der Waals surface area contributed by atoms with Crippen molar-refractivity contribution in [2.75, 3.05) is 6.61 Å². The minimum absolute atomic E-state index is 0.106. The largest absolute Gasteiger partial charge is 0.451 e. The number of nitriles is 1. The van der Waals surface area contributed by atoms with Crippen LogP contribution in [-0.2, 0) is 20.9 Å². The summed E-state index contributed by atoms with van der Waals surface area (Å²) >= 11 is 0. The van der Waals surface area contributed by atoms with Crippen molar-refractivity contribution in [3.8, 4) is 6.07 Å². The first-order valence-corrected chi connectivity index (χ1v) is 8.21. The van der Waals surface area contributed by atoms with Crippen LogP contribution in [0.4, 0.5) is 0 Å². The number of carbonyl (C=O) groups excluding carboxylic acids is 2. The third-order valence-electron chi connectivity index (χ3n) is 3.98. The van der Waals surface area contributed by atoms with Crippen molar-refractivity contribution in [2.24, 2.45) is 0 Å². The highest BCUT2D eigenvalue weighted by atomic mass is 16.5. The number of nitrogens with zero attached hydrogens (tertiary/aromatic N) is 2. The van der Waals surface area contributed by atoms with Gasteiger partial charge in [-0.1, -0.05) is 6.92 Å². The summed E-state index contributed by atoms with van der Waals surface area (Å²) in [5, 5.41) is 12.0. The molecule has 6 heteroatoms. The van der Waals surface area contributed by atoms with Crippen LogP contribution in [0.5, 0.6) is 0 Å². The van der Waals surface area contributed by atoms with E-state index in [1.54, 1.807) is 0 Å². The number of esters is 1. The summed E-state index contributed by atoms with van der Waals surface area (Å²) in [5.41, 5.74) is 2.79. The second-order valence-corrected chi connectivity index (χ2v) is 6.07. The molecule has 1 aliphatic rings. The van der Waals surface area contributed by atoms with E-state index in [0.29, 0.717) is 0 Å². The van der Waals surface area contributed by atoms with E-state index < -0.39 is 5.97 Å². The number of amides is 1. The first-order valence-electron chi connectivity index (χ1n) is 8.21. The van der Waals surface area contributed by atoms with Gasteiger partial charge < -0.3 is 14.6 Å². The van der Waals surface area contributed by atoms with Gasteiger partial charge in [-0.2, -0.15) is 5.26 Å². The van der Waals surface area contributed by atoms with E-state index in [4.69, 9.17) is 4.74 Å². The van der Waals surface area contributed by atoms with E-state index >= 15 is 0 Å². The van der Waals surface area contributed by atoms with Gasteiger partial charge in [0.2, 0.25) is 0 Å². The number of carbonyl (C=O) groups is 2. The number of aryl methyl sites for hydroxylation is 1. The molecule has 0 saturated heterocycles. The zero-order valence-electron chi connectivity index (χ0n) is 14.4. The summed E-state index contributed by atoms with van der Waals surface area (Å²) in [4.78, 5) is 23.6. The SMILES string of the molecule is CCCn1c(C)cc(/C=C(/C#N)C(=O)OCC(=O)NC2CC2)c1C. The van der Waals surface area contributed by atoms with Crippen LogP contribution in [0.15, 0.2) is 11.6 Å². The Morgan fingerprint density at radius 3 is 2.75 bits per heavy atom. The number of hydrogen-bond acceptors (Lipinski definition) is 4. The summed E-state index contributed by atoms with van der Waals surface area (Å²) in [7, 11) is 0. The maximum atomic E-state index is 12.0. The van der Waals surface area contributed by atoms with Gasteiger partial charge in [0.05, 0.1) is 0 Å². The fourth-order valence-electron chi connectivity index (χ4n) is 2.54. The molecule has 2 rings (SSSR count). The van der Waals surface area contributed by atoms with Gasteiger partial charge in [-0.15, -0.1) is 0 Å². The first-order chi connectivity index (χ1) is 11.5. The molecule has 0 unspecified atom stereocenters. The van der Waals surface area contributed by atoms with Gasteiger partial charge in [-0.25, -0.2) is 4.79 Å². The van der Waals surface area contributed by atoms with E-state index in [0.717, 1.165) is 42.8 Å². The van der Waals surface area contributed by atoms with Crippen LogP contribution < -0.4 is 5.32 Å². The zero-order chi connectivity index (χ0) is 17.7. The number of nitrogens with one attached hydrogen (secondary N) is 1. The Labute approximate surface area is 142 Å². The summed E-state index contributed by atoms with van der Waals surface area (Å²) < 4.78 is 7.08. The lowest BCUT2D eigenvalue weighted by atomic mass is 10.1.